The van der Waals surface area contributed by atoms with Crippen LogP contribution in [-0.4, -0.2) is 64.3 Å². The maximum absolute atomic E-state index is 13.9. The van der Waals surface area contributed by atoms with Crippen LogP contribution in [0.5, 0.6) is 11.5 Å². The van der Waals surface area contributed by atoms with Crippen molar-refractivity contribution in [2.24, 2.45) is 5.92 Å². The minimum atomic E-state index is -3.19. The number of ether oxygens (including phenoxy) is 2. The molecular weight excluding hydrogens is 634 g/mol. The number of hydrogen-bond acceptors (Lipinski definition) is 6. The van der Waals surface area contributed by atoms with E-state index in [1.165, 1.54) is 6.26 Å². The largest absolute Gasteiger partial charge is 0.493 e. The first-order valence-electron chi connectivity index (χ1n) is 16.7. The Bertz CT molecular complexity index is 1640. The number of rotatable bonds is 12. The summed E-state index contributed by atoms with van der Waals surface area (Å²) in [5.41, 5.74) is 4.77. The van der Waals surface area contributed by atoms with E-state index < -0.39 is 10.0 Å². The number of carbonyl (C=O) groups excluding carboxylic acids is 1. The summed E-state index contributed by atoms with van der Waals surface area (Å²) in [6.45, 7) is 7.44. The third-order valence-electron chi connectivity index (χ3n) is 9.74. The zero-order valence-corrected chi connectivity index (χ0v) is 30.0. The Balaban J connectivity index is 1.39. The second-order valence-corrected chi connectivity index (χ2v) is 15.3. The second kappa shape index (κ2) is 14.9. The van der Waals surface area contributed by atoms with E-state index in [9.17, 15) is 13.2 Å². The van der Waals surface area contributed by atoms with Crippen molar-refractivity contribution < 1.29 is 22.7 Å². The van der Waals surface area contributed by atoms with Gasteiger partial charge in [-0.15, -0.1) is 0 Å². The number of benzene rings is 3. The molecular formula is C37H48ClN3O5S. The molecule has 1 aliphatic heterocycles. The molecule has 47 heavy (non-hydrogen) atoms. The van der Waals surface area contributed by atoms with Gasteiger partial charge in [0.1, 0.15) is 0 Å². The first-order chi connectivity index (χ1) is 22.4. The van der Waals surface area contributed by atoms with Crippen LogP contribution in [0.2, 0.25) is 5.02 Å². The van der Waals surface area contributed by atoms with Gasteiger partial charge in [-0.3, -0.25) is 4.79 Å². The normalized spacial score (nSPS) is 20.6. The lowest BCUT2D eigenvalue weighted by Crippen LogP contribution is -2.42. The maximum Gasteiger partial charge on any atom is 0.232 e. The molecule has 5 rings (SSSR count). The van der Waals surface area contributed by atoms with Crippen LogP contribution in [0.3, 0.4) is 0 Å². The number of carbonyl (C=O) groups is 1. The number of amides is 1. The number of halogens is 1. The number of anilines is 2. The Morgan fingerprint density at radius 3 is 2.21 bits per heavy atom. The van der Waals surface area contributed by atoms with Crippen molar-refractivity contribution in [2.45, 2.75) is 77.5 Å². The zero-order chi connectivity index (χ0) is 33.9. The molecule has 10 heteroatoms. The van der Waals surface area contributed by atoms with E-state index in [0.29, 0.717) is 29.0 Å². The summed E-state index contributed by atoms with van der Waals surface area (Å²) in [6.07, 6.45) is 6.19. The zero-order valence-electron chi connectivity index (χ0n) is 28.4. The molecule has 0 bridgehead atoms. The number of hydrogen-bond donors (Lipinski definition) is 0. The average molecular weight is 682 g/mol. The summed E-state index contributed by atoms with van der Waals surface area (Å²) in [5, 5.41) is 0.636. The fourth-order valence-electron chi connectivity index (χ4n) is 7.11. The molecule has 0 aromatic heterocycles. The Hall–Kier alpha value is -3.27. The van der Waals surface area contributed by atoms with Crippen molar-refractivity contribution in [1.29, 1.82) is 0 Å². The molecule has 2 unspecified atom stereocenters. The van der Waals surface area contributed by atoms with Gasteiger partial charge in [0.15, 0.2) is 11.5 Å². The molecule has 1 aliphatic carbocycles. The standard InChI is InChI=1S/C37H48ClN3O5S/c1-7-25(3)46-35-23-33-28(21-34(35)45-5)22-36(42)41(37(33)27-11-13-29(38)14-12-27)32-19-17-30(18-20-32)39(4)24-26-9-15-31(16-10-26)40(8-2)47(6,43)44/h11-14,17-21,23,25-26,31,37H,7-10,15-16,22,24H2,1-6H3. The monoisotopic (exact) mass is 681 g/mol. The highest BCUT2D eigenvalue weighted by Gasteiger charge is 2.36. The summed E-state index contributed by atoms with van der Waals surface area (Å²) >= 11 is 6.29. The van der Waals surface area contributed by atoms with E-state index in [4.69, 9.17) is 21.1 Å². The molecule has 1 fully saturated rings. The number of nitrogens with zero attached hydrogens (tertiary/aromatic N) is 3. The number of fused-ring (bicyclic) bond motifs is 1. The molecule has 3 aromatic rings. The van der Waals surface area contributed by atoms with E-state index in [1.54, 1.807) is 11.4 Å². The predicted octanol–water partition coefficient (Wildman–Crippen LogP) is 7.48. The van der Waals surface area contributed by atoms with Crippen LogP contribution in [-0.2, 0) is 21.2 Å². The summed E-state index contributed by atoms with van der Waals surface area (Å²) < 4.78 is 38.0. The van der Waals surface area contributed by atoms with Crippen molar-refractivity contribution in [3.05, 3.63) is 82.4 Å². The third-order valence-corrected chi connectivity index (χ3v) is 11.4. The van der Waals surface area contributed by atoms with Gasteiger partial charge in [0.2, 0.25) is 15.9 Å². The van der Waals surface area contributed by atoms with E-state index in [-0.39, 0.29) is 30.5 Å². The van der Waals surface area contributed by atoms with Crippen LogP contribution in [0.1, 0.15) is 75.6 Å². The SMILES string of the molecule is CCC(C)Oc1cc2c(cc1OC)CC(=O)N(c1ccc(N(C)CC3CCC(N(CC)S(C)(=O)=O)CC3)cc1)C2c1ccc(Cl)cc1. The first kappa shape index (κ1) is 35.0. The molecule has 2 aliphatic rings. The van der Waals surface area contributed by atoms with Gasteiger partial charge in [-0.2, -0.15) is 4.31 Å². The summed E-state index contributed by atoms with van der Waals surface area (Å²) in [5.74, 6) is 1.79. The lowest BCUT2D eigenvalue weighted by Gasteiger charge is -2.38. The van der Waals surface area contributed by atoms with Crippen LogP contribution < -0.4 is 19.3 Å². The maximum atomic E-state index is 13.9. The molecule has 0 saturated heterocycles. The van der Waals surface area contributed by atoms with E-state index in [0.717, 1.165) is 66.7 Å². The third kappa shape index (κ3) is 7.90. The molecule has 8 nitrogen and oxygen atoms in total. The Morgan fingerprint density at radius 1 is 0.979 bits per heavy atom. The van der Waals surface area contributed by atoms with Crippen LogP contribution in [0.15, 0.2) is 60.7 Å². The second-order valence-electron chi connectivity index (χ2n) is 13.0. The summed E-state index contributed by atoms with van der Waals surface area (Å²) in [6, 6.07) is 19.6. The highest BCUT2D eigenvalue weighted by molar-refractivity contribution is 7.88. The highest BCUT2D eigenvalue weighted by atomic mass is 35.5. The van der Waals surface area contributed by atoms with Gasteiger partial charge in [0.25, 0.3) is 0 Å². The topological polar surface area (TPSA) is 79.4 Å². The predicted molar refractivity (Wildman–Crippen MR) is 191 cm³/mol. The molecule has 254 valence electrons. The molecule has 1 heterocycles. The number of sulfonamides is 1. The smallest absolute Gasteiger partial charge is 0.232 e. The minimum absolute atomic E-state index is 0.00294. The fourth-order valence-corrected chi connectivity index (χ4v) is 8.46. The quantitative estimate of drug-likeness (QED) is 0.197. The lowest BCUT2D eigenvalue weighted by atomic mass is 9.85. The highest BCUT2D eigenvalue weighted by Crippen LogP contribution is 2.44. The first-order valence-corrected chi connectivity index (χ1v) is 18.9. The molecule has 0 N–H and O–H groups in total. The average Bonchev–Trinajstić information content (AvgIpc) is 3.05. The van der Waals surface area contributed by atoms with Crippen LogP contribution in [0, 0.1) is 5.92 Å². The lowest BCUT2D eigenvalue weighted by molar-refractivity contribution is -0.118. The molecule has 3 aromatic carbocycles. The van der Waals surface area contributed by atoms with Crippen molar-refractivity contribution in [2.75, 3.05) is 43.3 Å². The van der Waals surface area contributed by atoms with Gasteiger partial charge < -0.3 is 19.3 Å². The Kier molecular flexibility index (Phi) is 11.1. The fraction of sp³-hybridized carbons (Fsp3) is 0.486. The Morgan fingerprint density at radius 2 is 1.64 bits per heavy atom. The molecule has 1 amide bonds. The summed E-state index contributed by atoms with van der Waals surface area (Å²) in [4.78, 5) is 18.1. The minimum Gasteiger partial charge on any atom is -0.493 e. The number of methoxy groups -OCH3 is 1. The van der Waals surface area contributed by atoms with E-state index in [2.05, 4.69) is 31.0 Å². The summed E-state index contributed by atoms with van der Waals surface area (Å²) in [7, 11) is 0.534. The van der Waals surface area contributed by atoms with Crippen molar-refractivity contribution in [3.63, 3.8) is 0 Å². The van der Waals surface area contributed by atoms with Gasteiger partial charge in [-0.1, -0.05) is 37.6 Å². The van der Waals surface area contributed by atoms with E-state index >= 15 is 0 Å². The van der Waals surface area contributed by atoms with Gasteiger partial charge in [0.05, 0.1) is 31.9 Å². The van der Waals surface area contributed by atoms with Crippen LogP contribution >= 0.6 is 11.6 Å². The van der Waals surface area contributed by atoms with E-state index in [1.807, 2.05) is 67.3 Å². The van der Waals surface area contributed by atoms with Gasteiger partial charge in [-0.25, -0.2) is 8.42 Å². The molecule has 2 atom stereocenters. The van der Waals surface area contributed by atoms with Crippen molar-refractivity contribution in [3.8, 4) is 11.5 Å². The molecule has 0 spiro atoms. The van der Waals surface area contributed by atoms with Crippen LogP contribution in [0.25, 0.3) is 0 Å². The van der Waals surface area contributed by atoms with Crippen molar-refractivity contribution in [1.82, 2.24) is 4.31 Å². The van der Waals surface area contributed by atoms with Crippen LogP contribution in [0.4, 0.5) is 11.4 Å². The molecule has 0 radical (unpaired) electrons. The van der Waals surface area contributed by atoms with Gasteiger partial charge >= 0.3 is 0 Å². The molecule has 1 saturated carbocycles. The van der Waals surface area contributed by atoms with Crippen molar-refractivity contribution >= 4 is 38.9 Å². The van der Waals surface area contributed by atoms with Gasteiger partial charge in [0, 0.05) is 42.6 Å². The van der Waals surface area contributed by atoms with Gasteiger partial charge in [-0.05, 0) is 110 Å². The Labute approximate surface area is 285 Å².